The average Bonchev–Trinajstić information content (AvgIpc) is 2.81. The van der Waals surface area contributed by atoms with Crippen molar-refractivity contribution in [2.24, 2.45) is 0 Å². The van der Waals surface area contributed by atoms with Gasteiger partial charge in [0.2, 0.25) is 0 Å². The summed E-state index contributed by atoms with van der Waals surface area (Å²) in [6.45, 7) is 3.60. The van der Waals surface area contributed by atoms with E-state index in [0.717, 1.165) is 11.1 Å². The smallest absolute Gasteiger partial charge is 0.343 e. The molecule has 0 spiro atoms. The maximum Gasteiger partial charge on any atom is 0.343 e. The summed E-state index contributed by atoms with van der Waals surface area (Å²) in [6.07, 6.45) is 5.51. The molecule has 1 unspecified atom stereocenters. The van der Waals surface area contributed by atoms with Gasteiger partial charge in [-0.15, -0.1) is 0 Å². The molecule has 0 bridgehead atoms. The molecule has 8 nitrogen and oxygen atoms in total. The van der Waals surface area contributed by atoms with E-state index < -0.39 is 11.6 Å². The molecule has 8 heteroatoms. The number of rotatable bonds is 3. The number of aryl methyl sites for hydroxylation is 1. The monoisotopic (exact) mass is 424 g/mol. The number of allylic oxidation sites excluding steroid dienone is 1. The Labute approximate surface area is 179 Å². The van der Waals surface area contributed by atoms with E-state index >= 15 is 0 Å². The molecular weight excluding hydrogens is 400 g/mol. The van der Waals surface area contributed by atoms with E-state index in [1.54, 1.807) is 12.1 Å². The summed E-state index contributed by atoms with van der Waals surface area (Å²) in [4.78, 5) is 41.7. The van der Waals surface area contributed by atoms with Gasteiger partial charge in [-0.3, -0.25) is 14.9 Å². The van der Waals surface area contributed by atoms with Crippen molar-refractivity contribution < 1.29 is 24.0 Å². The van der Waals surface area contributed by atoms with Crippen molar-refractivity contribution in [3.05, 3.63) is 55.2 Å². The lowest BCUT2D eigenvalue weighted by Gasteiger charge is -2.35. The maximum atomic E-state index is 13.1. The first-order chi connectivity index (χ1) is 14.8. The molecule has 0 saturated heterocycles. The summed E-state index contributed by atoms with van der Waals surface area (Å²) in [5.41, 5.74) is 1.99. The van der Waals surface area contributed by atoms with E-state index in [2.05, 4.69) is 0 Å². The van der Waals surface area contributed by atoms with Gasteiger partial charge in [0.25, 0.3) is 5.70 Å². The first-order valence-corrected chi connectivity index (χ1v) is 10.4. The molecule has 1 atom stereocenters. The van der Waals surface area contributed by atoms with Crippen molar-refractivity contribution >= 4 is 29.1 Å². The summed E-state index contributed by atoms with van der Waals surface area (Å²) in [6, 6.07) is 1.80. The Balaban J connectivity index is 1.99. The van der Waals surface area contributed by atoms with Crippen LogP contribution in [0.2, 0.25) is 0 Å². The van der Waals surface area contributed by atoms with Gasteiger partial charge in [0.1, 0.15) is 6.61 Å². The number of ether oxygens (including phenoxy) is 2. The van der Waals surface area contributed by atoms with Crippen LogP contribution in [-0.4, -0.2) is 41.0 Å². The van der Waals surface area contributed by atoms with Gasteiger partial charge in [0.15, 0.2) is 11.4 Å². The van der Waals surface area contributed by atoms with Gasteiger partial charge in [-0.25, -0.2) is 9.78 Å². The fourth-order valence-corrected chi connectivity index (χ4v) is 4.63. The number of hydrogen-bond acceptors (Lipinski definition) is 7. The van der Waals surface area contributed by atoms with Gasteiger partial charge in [-0.1, -0.05) is 13.0 Å². The highest BCUT2D eigenvalue weighted by atomic mass is 16.6. The standard InChI is InChI=1S/C23H24N2O6/c1-4-23(30-3)17-10-13(2)21-14(8-9-20(26)16(17)12-31-22(23)27)11-15-18(24-21)6-5-7-19(15)25(28)29/h6,10-11H,4-5,7-9,12H2,1-3H3/b13-10+. The number of methoxy groups -OCH3 is 1. The molecule has 0 amide bonds. The van der Waals surface area contributed by atoms with E-state index in [0.29, 0.717) is 53.1 Å². The van der Waals surface area contributed by atoms with E-state index in [9.17, 15) is 19.7 Å². The number of nitrogens with zero attached hydrogens (tertiary/aromatic N) is 2. The zero-order valence-electron chi connectivity index (χ0n) is 17.8. The number of ketones is 1. The van der Waals surface area contributed by atoms with E-state index in [4.69, 9.17) is 14.5 Å². The number of pyridine rings is 1. The number of cyclic esters (lactones) is 1. The molecule has 0 radical (unpaired) electrons. The van der Waals surface area contributed by atoms with Crippen molar-refractivity contribution in [3.8, 4) is 0 Å². The van der Waals surface area contributed by atoms with E-state index in [-0.39, 0.29) is 29.4 Å². The molecule has 0 N–H and O–H groups in total. The Kier molecular flexibility index (Phi) is 5.35. The second-order valence-corrected chi connectivity index (χ2v) is 7.98. The Hall–Kier alpha value is -3.13. The number of Topliss-reactive ketones (excluding diaryl/α,β-unsaturated/α-hetero) is 1. The first-order valence-electron chi connectivity index (χ1n) is 10.4. The second kappa shape index (κ2) is 7.85. The molecule has 2 heterocycles. The van der Waals surface area contributed by atoms with Gasteiger partial charge in [0.05, 0.1) is 21.2 Å². The van der Waals surface area contributed by atoms with Crippen LogP contribution in [0.3, 0.4) is 0 Å². The predicted molar refractivity (Wildman–Crippen MR) is 113 cm³/mol. The molecule has 162 valence electrons. The summed E-state index contributed by atoms with van der Waals surface area (Å²) in [5.74, 6) is -0.637. The largest absolute Gasteiger partial charge is 0.458 e. The van der Waals surface area contributed by atoms with Crippen LogP contribution in [0.1, 0.15) is 50.8 Å². The third kappa shape index (κ3) is 3.31. The fourth-order valence-electron chi connectivity index (χ4n) is 4.63. The molecule has 0 fully saturated rings. The van der Waals surface area contributed by atoms with Crippen LogP contribution >= 0.6 is 0 Å². The number of aromatic nitrogens is 1. The van der Waals surface area contributed by atoms with Crippen molar-refractivity contribution in [1.29, 1.82) is 0 Å². The maximum absolute atomic E-state index is 13.1. The third-order valence-corrected chi connectivity index (χ3v) is 6.36. The molecule has 31 heavy (non-hydrogen) atoms. The van der Waals surface area contributed by atoms with Crippen LogP contribution in [0.25, 0.3) is 17.3 Å². The molecule has 4 rings (SSSR count). The zero-order chi connectivity index (χ0) is 22.3. The Morgan fingerprint density at radius 1 is 1.29 bits per heavy atom. The van der Waals surface area contributed by atoms with Gasteiger partial charge < -0.3 is 9.47 Å². The minimum Gasteiger partial charge on any atom is -0.458 e. The second-order valence-electron chi connectivity index (χ2n) is 7.98. The molecule has 1 aromatic heterocycles. The van der Waals surface area contributed by atoms with Gasteiger partial charge in [-0.05, 0) is 49.5 Å². The normalized spacial score (nSPS) is 25.0. The summed E-state index contributed by atoms with van der Waals surface area (Å²) >= 11 is 0. The zero-order valence-corrected chi connectivity index (χ0v) is 17.8. The average molecular weight is 424 g/mol. The molecule has 3 aliphatic rings. The predicted octanol–water partition coefficient (Wildman–Crippen LogP) is 1.61. The lowest BCUT2D eigenvalue weighted by molar-refractivity contribution is -0.382. The van der Waals surface area contributed by atoms with Crippen LogP contribution in [-0.2, 0) is 25.5 Å². The Morgan fingerprint density at radius 3 is 2.74 bits per heavy atom. The number of esters is 1. The molecule has 1 aliphatic heterocycles. The van der Waals surface area contributed by atoms with Crippen LogP contribution in [0, 0.1) is 10.1 Å². The lowest BCUT2D eigenvalue weighted by Crippen LogP contribution is -2.48. The van der Waals surface area contributed by atoms with Crippen molar-refractivity contribution in [2.45, 2.75) is 51.6 Å². The summed E-state index contributed by atoms with van der Waals surface area (Å²) in [7, 11) is 1.44. The van der Waals surface area contributed by atoms with Crippen molar-refractivity contribution in [3.63, 3.8) is 0 Å². The molecule has 2 aliphatic carbocycles. The van der Waals surface area contributed by atoms with Crippen LogP contribution in [0.5, 0.6) is 0 Å². The van der Waals surface area contributed by atoms with Crippen molar-refractivity contribution in [2.75, 3.05) is 13.7 Å². The minimum atomic E-state index is -1.35. The number of carbonyl (C=O) groups excluding carboxylic acids is 2. The quantitative estimate of drug-likeness (QED) is 0.412. The SMILES string of the molecule is CCC1(OC)C(=O)OCC2=C1/C=C(\C)c1nc3c(cc1CCC2=O)=C([N+](=O)[O-])CCC=3. The molecule has 0 saturated carbocycles. The van der Waals surface area contributed by atoms with Gasteiger partial charge in [0, 0.05) is 31.1 Å². The van der Waals surface area contributed by atoms with Crippen LogP contribution < -0.4 is 10.6 Å². The van der Waals surface area contributed by atoms with Gasteiger partial charge in [-0.2, -0.15) is 0 Å². The topological polar surface area (TPSA) is 109 Å². The highest BCUT2D eigenvalue weighted by Crippen LogP contribution is 2.37. The van der Waals surface area contributed by atoms with Gasteiger partial charge >= 0.3 is 5.97 Å². The number of hydrogen-bond donors (Lipinski definition) is 0. The Morgan fingerprint density at radius 2 is 2.06 bits per heavy atom. The molecule has 0 aromatic carbocycles. The van der Waals surface area contributed by atoms with Crippen molar-refractivity contribution in [1.82, 2.24) is 4.98 Å². The lowest BCUT2D eigenvalue weighted by atomic mass is 9.82. The van der Waals surface area contributed by atoms with Crippen LogP contribution in [0.15, 0.2) is 23.3 Å². The minimum absolute atomic E-state index is 0.0881. The number of carbonyl (C=O) groups is 2. The highest BCUT2D eigenvalue weighted by Gasteiger charge is 2.47. The number of nitro groups is 1. The first kappa shape index (κ1) is 21.1. The fraction of sp³-hybridized carbons (Fsp3) is 0.435. The molecule has 1 aromatic rings. The number of fused-ring (bicyclic) bond motifs is 2. The highest BCUT2D eigenvalue weighted by molar-refractivity contribution is 6.02. The van der Waals surface area contributed by atoms with E-state index in [1.165, 1.54) is 7.11 Å². The summed E-state index contributed by atoms with van der Waals surface area (Å²) < 4.78 is 10.9. The summed E-state index contributed by atoms with van der Waals surface area (Å²) in [5, 5.41) is 12.6. The van der Waals surface area contributed by atoms with E-state index in [1.807, 2.05) is 19.9 Å². The Bertz CT molecular complexity index is 1190. The van der Waals surface area contributed by atoms with Crippen LogP contribution in [0.4, 0.5) is 0 Å². The third-order valence-electron chi connectivity index (χ3n) is 6.36. The molecular formula is C23H24N2O6.